The van der Waals surface area contributed by atoms with E-state index in [1.165, 1.54) is 19.3 Å². The summed E-state index contributed by atoms with van der Waals surface area (Å²) < 4.78 is 4.99. The van der Waals surface area contributed by atoms with Crippen LogP contribution in [0.2, 0.25) is 0 Å². The average molecular weight is 187 g/mol. The summed E-state index contributed by atoms with van der Waals surface area (Å²) in [5.41, 5.74) is 6.01. The maximum atomic E-state index is 6.01. The molecule has 0 radical (unpaired) electrons. The standard InChI is InChI=1S/C11H25NO/c1-4-10(5-2)9-11(12)7-6-8-13-3/h10-11H,4-9,12H2,1-3H3. The number of hydrogen-bond donors (Lipinski definition) is 1. The Morgan fingerprint density at radius 3 is 2.31 bits per heavy atom. The number of methoxy groups -OCH3 is 1. The molecule has 0 bridgehead atoms. The first kappa shape index (κ1) is 12.9. The Balaban J connectivity index is 3.42. The third kappa shape index (κ3) is 7.03. The van der Waals surface area contributed by atoms with E-state index < -0.39 is 0 Å². The maximum absolute atomic E-state index is 6.01. The molecule has 2 nitrogen and oxygen atoms in total. The van der Waals surface area contributed by atoms with Crippen molar-refractivity contribution >= 4 is 0 Å². The smallest absolute Gasteiger partial charge is 0.0462 e. The van der Waals surface area contributed by atoms with Crippen molar-refractivity contribution in [2.75, 3.05) is 13.7 Å². The lowest BCUT2D eigenvalue weighted by atomic mass is 9.93. The van der Waals surface area contributed by atoms with Crippen molar-refractivity contribution in [3.63, 3.8) is 0 Å². The molecule has 2 heteroatoms. The molecule has 0 saturated carbocycles. The van der Waals surface area contributed by atoms with Gasteiger partial charge in [0.05, 0.1) is 0 Å². The molecule has 0 heterocycles. The zero-order valence-electron chi connectivity index (χ0n) is 9.38. The molecule has 0 aromatic heterocycles. The van der Waals surface area contributed by atoms with Gasteiger partial charge in [-0.1, -0.05) is 26.7 Å². The van der Waals surface area contributed by atoms with Gasteiger partial charge in [0.25, 0.3) is 0 Å². The molecular weight excluding hydrogens is 162 g/mol. The Bertz CT molecular complexity index is 102. The zero-order valence-corrected chi connectivity index (χ0v) is 9.38. The predicted molar refractivity (Wildman–Crippen MR) is 57.8 cm³/mol. The van der Waals surface area contributed by atoms with Crippen molar-refractivity contribution in [1.29, 1.82) is 0 Å². The van der Waals surface area contributed by atoms with E-state index in [0.717, 1.165) is 25.4 Å². The van der Waals surface area contributed by atoms with E-state index in [1.807, 2.05) is 0 Å². The summed E-state index contributed by atoms with van der Waals surface area (Å²) in [4.78, 5) is 0. The van der Waals surface area contributed by atoms with Crippen LogP contribution in [0.4, 0.5) is 0 Å². The number of nitrogens with two attached hydrogens (primary N) is 1. The quantitative estimate of drug-likeness (QED) is 0.593. The lowest BCUT2D eigenvalue weighted by Gasteiger charge is -2.17. The summed E-state index contributed by atoms with van der Waals surface area (Å²) in [6, 6.07) is 0.375. The second kappa shape index (κ2) is 8.52. The average Bonchev–Trinajstić information content (AvgIpc) is 2.14. The number of rotatable bonds is 8. The highest BCUT2D eigenvalue weighted by Gasteiger charge is 2.09. The number of ether oxygens (including phenoxy) is 1. The molecule has 1 atom stereocenters. The highest BCUT2D eigenvalue weighted by atomic mass is 16.5. The van der Waals surface area contributed by atoms with Crippen molar-refractivity contribution in [3.05, 3.63) is 0 Å². The molecule has 0 saturated heterocycles. The van der Waals surface area contributed by atoms with Crippen LogP contribution in [-0.4, -0.2) is 19.8 Å². The summed E-state index contributed by atoms with van der Waals surface area (Å²) in [7, 11) is 1.74. The van der Waals surface area contributed by atoms with E-state index in [9.17, 15) is 0 Å². The van der Waals surface area contributed by atoms with E-state index >= 15 is 0 Å². The molecule has 0 amide bonds. The molecule has 0 fully saturated rings. The lowest BCUT2D eigenvalue weighted by Crippen LogP contribution is -2.23. The molecule has 0 aliphatic heterocycles. The minimum atomic E-state index is 0.375. The van der Waals surface area contributed by atoms with Gasteiger partial charge in [-0.2, -0.15) is 0 Å². The molecule has 0 aromatic carbocycles. The van der Waals surface area contributed by atoms with Crippen LogP contribution < -0.4 is 5.73 Å². The van der Waals surface area contributed by atoms with Crippen LogP contribution >= 0.6 is 0 Å². The fourth-order valence-corrected chi connectivity index (χ4v) is 1.66. The fourth-order valence-electron chi connectivity index (χ4n) is 1.66. The molecular formula is C11H25NO. The lowest BCUT2D eigenvalue weighted by molar-refractivity contribution is 0.189. The van der Waals surface area contributed by atoms with E-state index in [4.69, 9.17) is 10.5 Å². The van der Waals surface area contributed by atoms with Gasteiger partial charge >= 0.3 is 0 Å². The summed E-state index contributed by atoms with van der Waals surface area (Å²) in [5, 5.41) is 0. The third-order valence-electron chi connectivity index (χ3n) is 2.71. The van der Waals surface area contributed by atoms with Crippen LogP contribution in [-0.2, 0) is 4.74 Å². The first-order chi connectivity index (χ1) is 6.24. The summed E-state index contributed by atoms with van der Waals surface area (Å²) >= 11 is 0. The van der Waals surface area contributed by atoms with E-state index in [2.05, 4.69) is 13.8 Å². The van der Waals surface area contributed by atoms with Crippen LogP contribution in [0.5, 0.6) is 0 Å². The topological polar surface area (TPSA) is 35.2 Å². The molecule has 0 aromatic rings. The minimum Gasteiger partial charge on any atom is -0.385 e. The van der Waals surface area contributed by atoms with Gasteiger partial charge in [0.15, 0.2) is 0 Å². The highest BCUT2D eigenvalue weighted by Crippen LogP contribution is 2.15. The fraction of sp³-hybridized carbons (Fsp3) is 1.00. The Hall–Kier alpha value is -0.0800. The molecule has 1 unspecified atom stereocenters. The summed E-state index contributed by atoms with van der Waals surface area (Å²) in [6.45, 7) is 5.34. The van der Waals surface area contributed by atoms with Gasteiger partial charge < -0.3 is 10.5 Å². The van der Waals surface area contributed by atoms with E-state index in [0.29, 0.717) is 6.04 Å². The van der Waals surface area contributed by atoms with Crippen LogP contribution in [0.1, 0.15) is 46.0 Å². The van der Waals surface area contributed by atoms with Gasteiger partial charge in [-0.05, 0) is 25.2 Å². The molecule has 0 spiro atoms. The number of hydrogen-bond acceptors (Lipinski definition) is 2. The molecule has 13 heavy (non-hydrogen) atoms. The molecule has 0 aliphatic rings. The monoisotopic (exact) mass is 187 g/mol. The van der Waals surface area contributed by atoms with E-state index in [-0.39, 0.29) is 0 Å². The second-order valence-electron chi connectivity index (χ2n) is 3.81. The first-order valence-corrected chi connectivity index (χ1v) is 5.49. The first-order valence-electron chi connectivity index (χ1n) is 5.49. The van der Waals surface area contributed by atoms with Gasteiger partial charge in [0.1, 0.15) is 0 Å². The molecule has 2 N–H and O–H groups in total. The van der Waals surface area contributed by atoms with Crippen LogP contribution in [0, 0.1) is 5.92 Å². The zero-order chi connectivity index (χ0) is 10.1. The summed E-state index contributed by atoms with van der Waals surface area (Å²) in [5.74, 6) is 0.817. The van der Waals surface area contributed by atoms with Crippen molar-refractivity contribution in [2.45, 2.75) is 52.0 Å². The van der Waals surface area contributed by atoms with Gasteiger partial charge in [-0.3, -0.25) is 0 Å². The van der Waals surface area contributed by atoms with Crippen LogP contribution in [0.15, 0.2) is 0 Å². The van der Waals surface area contributed by atoms with Crippen LogP contribution in [0.3, 0.4) is 0 Å². The van der Waals surface area contributed by atoms with Crippen molar-refractivity contribution in [1.82, 2.24) is 0 Å². The largest absolute Gasteiger partial charge is 0.385 e. The Kier molecular flexibility index (Phi) is 8.46. The SMILES string of the molecule is CCC(CC)CC(N)CCCOC. The summed E-state index contributed by atoms with van der Waals surface area (Å²) in [6.07, 6.45) is 5.89. The van der Waals surface area contributed by atoms with E-state index in [1.54, 1.807) is 7.11 Å². The van der Waals surface area contributed by atoms with Crippen molar-refractivity contribution in [3.8, 4) is 0 Å². The molecule has 80 valence electrons. The molecule has 0 aliphatic carbocycles. The van der Waals surface area contributed by atoms with Crippen LogP contribution in [0.25, 0.3) is 0 Å². The minimum absolute atomic E-state index is 0.375. The normalized spacial score (nSPS) is 13.6. The maximum Gasteiger partial charge on any atom is 0.0462 e. The predicted octanol–water partition coefficient (Wildman–Crippen LogP) is 2.57. The van der Waals surface area contributed by atoms with Gasteiger partial charge in [-0.15, -0.1) is 0 Å². The Morgan fingerprint density at radius 2 is 1.85 bits per heavy atom. The third-order valence-corrected chi connectivity index (χ3v) is 2.71. The highest BCUT2D eigenvalue weighted by molar-refractivity contribution is 4.66. The van der Waals surface area contributed by atoms with Crippen molar-refractivity contribution < 1.29 is 4.74 Å². The van der Waals surface area contributed by atoms with Crippen molar-refractivity contribution in [2.24, 2.45) is 11.7 Å². The van der Waals surface area contributed by atoms with Gasteiger partial charge in [0.2, 0.25) is 0 Å². The van der Waals surface area contributed by atoms with Gasteiger partial charge in [-0.25, -0.2) is 0 Å². The Morgan fingerprint density at radius 1 is 1.23 bits per heavy atom. The van der Waals surface area contributed by atoms with Gasteiger partial charge in [0, 0.05) is 19.8 Å². The second-order valence-corrected chi connectivity index (χ2v) is 3.81. The molecule has 0 rings (SSSR count). The Labute approximate surface area is 82.8 Å².